The van der Waals surface area contributed by atoms with Crippen LogP contribution in [0.15, 0.2) is 46.3 Å². The van der Waals surface area contributed by atoms with Gasteiger partial charge in [0.05, 0.1) is 43.2 Å². The Kier molecular flexibility index (Phi) is 4.30. The van der Waals surface area contributed by atoms with Gasteiger partial charge in [-0.25, -0.2) is 0 Å². The van der Waals surface area contributed by atoms with Gasteiger partial charge in [-0.2, -0.15) is 0 Å². The molecule has 0 bridgehead atoms. The van der Waals surface area contributed by atoms with Crippen molar-refractivity contribution < 1.29 is 33.0 Å². The van der Waals surface area contributed by atoms with Gasteiger partial charge in [-0.3, -0.25) is 9.59 Å². The molecule has 0 amide bonds. The summed E-state index contributed by atoms with van der Waals surface area (Å²) in [5.74, 6) is -1.05. The fourth-order valence-corrected chi connectivity index (χ4v) is 9.34. The maximum absolute atomic E-state index is 13.9. The summed E-state index contributed by atoms with van der Waals surface area (Å²) >= 11 is 0. The Hall–Kier alpha value is -2.38. The summed E-state index contributed by atoms with van der Waals surface area (Å²) in [5.41, 5.74) is 1.39. The van der Waals surface area contributed by atoms with Gasteiger partial charge in [0.25, 0.3) is 0 Å². The fourth-order valence-electron chi connectivity index (χ4n) is 9.34. The summed E-state index contributed by atoms with van der Waals surface area (Å²) in [7, 11) is 1.47. The normalized spacial score (nSPS) is 49.3. The number of allylic oxidation sites excluding steroid dienone is 1. The van der Waals surface area contributed by atoms with Gasteiger partial charge in [0.2, 0.25) is 0 Å². The zero-order valence-corrected chi connectivity index (χ0v) is 20.6. The molecule has 35 heavy (non-hydrogen) atoms. The third-order valence-corrected chi connectivity index (χ3v) is 10.5. The summed E-state index contributed by atoms with van der Waals surface area (Å²) < 4.78 is 30.3. The predicted octanol–water partition coefficient (Wildman–Crippen LogP) is 3.94. The van der Waals surface area contributed by atoms with Crippen molar-refractivity contribution in [3.63, 3.8) is 0 Å². The lowest BCUT2D eigenvalue weighted by molar-refractivity contribution is -0.238. The lowest BCUT2D eigenvalue weighted by atomic mass is 9.40. The molecule has 1 spiro atoms. The molecule has 3 aliphatic carbocycles. The molecular formula is C28H32O7. The lowest BCUT2D eigenvalue weighted by Crippen LogP contribution is -2.70. The minimum Gasteiger partial charge on any atom is -0.472 e. The fraction of sp³-hybridized carbons (Fsp3) is 0.643. The van der Waals surface area contributed by atoms with E-state index in [4.69, 9.17) is 23.4 Å². The van der Waals surface area contributed by atoms with Crippen LogP contribution in [0.2, 0.25) is 0 Å². The molecule has 10 atom stereocenters. The van der Waals surface area contributed by atoms with Crippen LogP contribution in [0, 0.1) is 28.1 Å². The number of rotatable bonds is 2. The number of hydrogen-bond acceptors (Lipinski definition) is 7. The molecule has 1 saturated carbocycles. The second-order valence-electron chi connectivity index (χ2n) is 11.7. The van der Waals surface area contributed by atoms with Crippen LogP contribution >= 0.6 is 0 Å². The van der Waals surface area contributed by atoms with Crippen molar-refractivity contribution in [3.8, 4) is 0 Å². The lowest BCUT2D eigenvalue weighted by Gasteiger charge is -2.63. The minimum absolute atomic E-state index is 0.143. The van der Waals surface area contributed by atoms with Gasteiger partial charge in [0.15, 0.2) is 0 Å². The Morgan fingerprint density at radius 1 is 1.26 bits per heavy atom. The van der Waals surface area contributed by atoms with Crippen molar-refractivity contribution in [2.24, 2.45) is 28.1 Å². The second kappa shape index (κ2) is 6.88. The molecule has 3 aliphatic heterocycles. The smallest absolute Gasteiger partial charge is 0.316 e. The predicted molar refractivity (Wildman–Crippen MR) is 123 cm³/mol. The first kappa shape index (κ1) is 21.9. The van der Waals surface area contributed by atoms with Gasteiger partial charge in [-0.15, -0.1) is 0 Å². The first-order valence-electron chi connectivity index (χ1n) is 12.8. The van der Waals surface area contributed by atoms with Crippen molar-refractivity contribution in [1.82, 2.24) is 0 Å². The van der Waals surface area contributed by atoms with E-state index in [0.29, 0.717) is 6.61 Å². The second-order valence-corrected chi connectivity index (χ2v) is 11.7. The quantitative estimate of drug-likeness (QED) is 0.468. The number of ether oxygens (including phenoxy) is 4. The molecule has 0 N–H and O–H groups in total. The summed E-state index contributed by atoms with van der Waals surface area (Å²) in [6.45, 7) is 6.89. The van der Waals surface area contributed by atoms with Crippen molar-refractivity contribution in [1.29, 1.82) is 0 Å². The van der Waals surface area contributed by atoms with Crippen LogP contribution in [0.5, 0.6) is 0 Å². The molecule has 4 fully saturated rings. The molecular weight excluding hydrogens is 448 g/mol. The van der Waals surface area contributed by atoms with E-state index in [1.54, 1.807) is 12.5 Å². The molecule has 4 heterocycles. The van der Waals surface area contributed by atoms with Crippen molar-refractivity contribution in [2.75, 3.05) is 13.7 Å². The first-order chi connectivity index (χ1) is 16.8. The highest BCUT2D eigenvalue weighted by Crippen LogP contribution is 2.74. The topological polar surface area (TPSA) is 84.2 Å². The van der Waals surface area contributed by atoms with Gasteiger partial charge in [0.1, 0.15) is 12.2 Å². The maximum atomic E-state index is 13.9. The summed E-state index contributed by atoms with van der Waals surface area (Å²) in [5, 5.41) is 0. The largest absolute Gasteiger partial charge is 0.472 e. The van der Waals surface area contributed by atoms with Crippen LogP contribution in [-0.2, 0) is 28.5 Å². The molecule has 3 saturated heterocycles. The number of carbonyl (C=O) groups excluding carboxylic acids is 2. The van der Waals surface area contributed by atoms with E-state index in [1.807, 2.05) is 25.1 Å². The zero-order valence-electron chi connectivity index (χ0n) is 20.6. The van der Waals surface area contributed by atoms with E-state index in [1.165, 1.54) is 18.3 Å². The van der Waals surface area contributed by atoms with Gasteiger partial charge in [0, 0.05) is 29.3 Å². The molecule has 7 rings (SSSR count). The summed E-state index contributed by atoms with van der Waals surface area (Å²) in [6, 6.07) is 2.00. The number of methoxy groups -OCH3 is 1. The molecule has 7 nitrogen and oxygen atoms in total. The van der Waals surface area contributed by atoms with Crippen LogP contribution in [0.1, 0.15) is 51.5 Å². The molecule has 7 heteroatoms. The van der Waals surface area contributed by atoms with Gasteiger partial charge in [-0.1, -0.05) is 24.6 Å². The minimum atomic E-state index is -0.820. The van der Waals surface area contributed by atoms with Gasteiger partial charge < -0.3 is 23.4 Å². The van der Waals surface area contributed by atoms with Crippen molar-refractivity contribution >= 4 is 11.9 Å². The molecule has 0 radical (unpaired) electrons. The highest BCUT2D eigenvalue weighted by Gasteiger charge is 2.80. The van der Waals surface area contributed by atoms with E-state index in [0.717, 1.165) is 24.8 Å². The Morgan fingerprint density at radius 2 is 2.09 bits per heavy atom. The molecule has 1 aromatic heterocycles. The zero-order chi connectivity index (χ0) is 24.3. The van der Waals surface area contributed by atoms with Crippen molar-refractivity contribution in [2.45, 2.75) is 70.4 Å². The average molecular weight is 481 g/mol. The summed E-state index contributed by atoms with van der Waals surface area (Å²) in [6.07, 6.45) is 8.58. The van der Waals surface area contributed by atoms with Crippen LogP contribution in [0.4, 0.5) is 0 Å². The molecule has 186 valence electrons. The number of fused-ring (bicyclic) bond motifs is 4. The van der Waals surface area contributed by atoms with E-state index < -0.39 is 34.4 Å². The summed E-state index contributed by atoms with van der Waals surface area (Å²) in [4.78, 5) is 27.3. The van der Waals surface area contributed by atoms with Crippen LogP contribution in [0.25, 0.3) is 0 Å². The Bertz CT molecular complexity index is 1170. The number of carbonyl (C=O) groups is 2. The maximum Gasteiger partial charge on any atom is 0.316 e. The third-order valence-electron chi connectivity index (χ3n) is 10.5. The van der Waals surface area contributed by atoms with E-state index in [-0.39, 0.29) is 36.0 Å². The Balaban J connectivity index is 1.48. The SMILES string of the molecule is COC(=O)C1[C@@]23CCCO[C@@H]2C=C[C@@]2(C)C(=O)O[C@H]([C@H]32)[C@H]2O[C@@H]3C[C@@H](c4ccoc4)C(C)=C3[C@@]12C. The van der Waals surface area contributed by atoms with Crippen molar-refractivity contribution in [3.05, 3.63) is 47.5 Å². The van der Waals surface area contributed by atoms with E-state index in [9.17, 15) is 9.59 Å². The molecule has 1 unspecified atom stereocenters. The van der Waals surface area contributed by atoms with Crippen LogP contribution in [0.3, 0.4) is 0 Å². The number of furan rings is 1. The Labute approximate surface area is 204 Å². The Morgan fingerprint density at radius 3 is 2.83 bits per heavy atom. The number of hydrogen-bond donors (Lipinski definition) is 0. The highest BCUT2D eigenvalue weighted by molar-refractivity contribution is 5.85. The van der Waals surface area contributed by atoms with Gasteiger partial charge in [-0.05, 0) is 50.3 Å². The van der Waals surface area contributed by atoms with Crippen LogP contribution < -0.4 is 0 Å². The van der Waals surface area contributed by atoms with E-state index >= 15 is 0 Å². The standard InChI is InChI=1S/C28H32O7/c1-14-16(15-7-11-32-13-15)12-17-19(14)27(3)22(24(29)31-4)28-8-5-10-33-18(28)6-9-26(2)21(28)20(23(27)34-17)35-25(26)30/h6-7,9,11,13,16-18,20-23H,5,8,10,12H2,1-4H3/t16-,17-,18-,20-,21+,22?,23-,26-,27+,28+/m1/s1. The highest BCUT2D eigenvalue weighted by atomic mass is 16.6. The first-order valence-corrected chi connectivity index (χ1v) is 12.8. The molecule has 1 aromatic rings. The van der Waals surface area contributed by atoms with E-state index in [2.05, 4.69) is 13.8 Å². The third kappa shape index (κ3) is 2.35. The molecule has 6 aliphatic rings. The van der Waals surface area contributed by atoms with Gasteiger partial charge >= 0.3 is 11.9 Å². The monoisotopic (exact) mass is 480 g/mol. The van der Waals surface area contributed by atoms with Crippen LogP contribution in [-0.4, -0.2) is 50.1 Å². The molecule has 0 aromatic carbocycles. The number of esters is 2. The average Bonchev–Trinajstić information content (AvgIpc) is 3.59.